The molecule has 0 aliphatic heterocycles. The van der Waals surface area contributed by atoms with E-state index < -0.39 is 11.9 Å². The Bertz CT molecular complexity index is 534. The maximum atomic E-state index is 11.4. The molecule has 0 aromatic heterocycles. The topological polar surface area (TPSA) is 86.6 Å². The van der Waals surface area contributed by atoms with Gasteiger partial charge in [-0.05, 0) is 74.2 Å². The van der Waals surface area contributed by atoms with Crippen LogP contribution >= 0.6 is 67.8 Å². The van der Waals surface area contributed by atoms with Gasteiger partial charge in [0.25, 0.3) is 0 Å². The number of rotatable bonds is 7. The third-order valence-corrected chi connectivity index (χ3v) is 6.06. The number of carbonyl (C=O) groups is 2. The maximum absolute atomic E-state index is 11.4. The summed E-state index contributed by atoms with van der Waals surface area (Å²) >= 11 is 5.72. The zero-order valence-corrected chi connectivity index (χ0v) is 17.6. The molecule has 8 heteroatoms. The number of unbranched alkanes of at least 4 members (excludes halogenated alkanes) is 2. The van der Waals surface area contributed by atoms with E-state index in [1.54, 1.807) is 22.6 Å². The normalized spacial score (nSPS) is 10.5. The molecular formula is C13H14I3NO4. The van der Waals surface area contributed by atoms with E-state index in [4.69, 9.17) is 0 Å². The van der Waals surface area contributed by atoms with E-state index in [-0.39, 0.29) is 14.7 Å². The monoisotopic (exact) mass is 629 g/mol. The average Bonchev–Trinajstić information content (AvgIpc) is 2.36. The minimum atomic E-state index is -1.11. The van der Waals surface area contributed by atoms with Crippen molar-refractivity contribution in [2.45, 2.75) is 26.2 Å². The smallest absolute Gasteiger partial charge is 0.337 e. The van der Waals surface area contributed by atoms with Gasteiger partial charge >= 0.3 is 11.9 Å². The molecule has 0 radical (unpaired) electrons. The van der Waals surface area contributed by atoms with Crippen LogP contribution in [0, 0.1) is 10.7 Å². The zero-order valence-electron chi connectivity index (χ0n) is 11.2. The molecule has 5 nitrogen and oxygen atoms in total. The Morgan fingerprint density at radius 3 is 1.81 bits per heavy atom. The van der Waals surface area contributed by atoms with Crippen molar-refractivity contribution in [2.75, 3.05) is 11.9 Å². The summed E-state index contributed by atoms with van der Waals surface area (Å²) < 4.78 is 1.37. The molecule has 1 aromatic carbocycles. The molecule has 0 unspecified atom stereocenters. The van der Waals surface area contributed by atoms with Crippen LogP contribution in [0.4, 0.5) is 5.69 Å². The van der Waals surface area contributed by atoms with Gasteiger partial charge in [-0.1, -0.05) is 19.8 Å². The van der Waals surface area contributed by atoms with Crippen LogP contribution in [0.2, 0.25) is 0 Å². The van der Waals surface area contributed by atoms with Crippen molar-refractivity contribution in [3.8, 4) is 0 Å². The van der Waals surface area contributed by atoms with Crippen LogP contribution in [0.25, 0.3) is 0 Å². The Morgan fingerprint density at radius 2 is 1.43 bits per heavy atom. The molecule has 0 aliphatic rings. The summed E-state index contributed by atoms with van der Waals surface area (Å²) in [5, 5.41) is 21.9. The lowest BCUT2D eigenvalue weighted by Gasteiger charge is -2.17. The molecular weight excluding hydrogens is 615 g/mol. The number of hydrogen-bond donors (Lipinski definition) is 3. The van der Waals surface area contributed by atoms with E-state index in [1.807, 2.05) is 45.2 Å². The molecule has 0 atom stereocenters. The molecule has 116 valence electrons. The fourth-order valence-corrected chi connectivity index (χ4v) is 6.25. The van der Waals surface area contributed by atoms with Gasteiger partial charge in [0, 0.05) is 10.1 Å². The highest BCUT2D eigenvalue weighted by Gasteiger charge is 2.27. The van der Waals surface area contributed by atoms with Gasteiger partial charge in [-0.15, -0.1) is 0 Å². The van der Waals surface area contributed by atoms with Crippen molar-refractivity contribution in [1.29, 1.82) is 0 Å². The predicted octanol–water partition coefficient (Wildman–Crippen LogP) is 4.50. The summed E-state index contributed by atoms with van der Waals surface area (Å²) in [5.74, 6) is -2.22. The number of carboxylic acids is 2. The van der Waals surface area contributed by atoms with E-state index in [1.165, 1.54) is 0 Å². The van der Waals surface area contributed by atoms with Crippen LogP contribution in [0.15, 0.2) is 0 Å². The highest BCUT2D eigenvalue weighted by molar-refractivity contribution is 14.1. The number of halogens is 3. The van der Waals surface area contributed by atoms with Gasteiger partial charge < -0.3 is 15.5 Å². The van der Waals surface area contributed by atoms with Gasteiger partial charge in [-0.2, -0.15) is 0 Å². The fraction of sp³-hybridized carbons (Fsp3) is 0.385. The largest absolute Gasteiger partial charge is 0.478 e. The van der Waals surface area contributed by atoms with Gasteiger partial charge in [0.1, 0.15) is 0 Å². The number of anilines is 1. The maximum Gasteiger partial charge on any atom is 0.337 e. The van der Waals surface area contributed by atoms with Gasteiger partial charge in [0.2, 0.25) is 0 Å². The molecule has 0 saturated carbocycles. The van der Waals surface area contributed by atoms with Crippen molar-refractivity contribution in [3.63, 3.8) is 0 Å². The first-order chi connectivity index (χ1) is 9.82. The van der Waals surface area contributed by atoms with Crippen molar-refractivity contribution in [3.05, 3.63) is 21.8 Å². The molecule has 1 rings (SSSR count). The molecule has 0 aliphatic carbocycles. The van der Waals surface area contributed by atoms with Crippen LogP contribution in [-0.4, -0.2) is 28.7 Å². The Balaban J connectivity index is 3.35. The van der Waals surface area contributed by atoms with E-state index in [0.717, 1.165) is 19.3 Å². The summed E-state index contributed by atoms with van der Waals surface area (Å²) in [4.78, 5) is 22.8. The molecule has 0 heterocycles. The second-order valence-electron chi connectivity index (χ2n) is 4.31. The van der Waals surface area contributed by atoms with E-state index in [9.17, 15) is 19.8 Å². The molecule has 0 spiro atoms. The van der Waals surface area contributed by atoms with Crippen molar-refractivity contribution >= 4 is 85.4 Å². The van der Waals surface area contributed by atoms with E-state index in [0.29, 0.717) is 19.4 Å². The molecule has 0 fully saturated rings. The Kier molecular flexibility index (Phi) is 7.95. The third kappa shape index (κ3) is 4.56. The fourth-order valence-electron chi connectivity index (χ4n) is 1.78. The Hall–Kier alpha value is 0.150. The summed E-state index contributed by atoms with van der Waals surface area (Å²) in [7, 11) is 0. The van der Waals surface area contributed by atoms with Crippen molar-refractivity contribution < 1.29 is 19.8 Å². The first-order valence-electron chi connectivity index (χ1n) is 6.23. The number of nitrogens with one attached hydrogen (secondary N) is 1. The lowest BCUT2D eigenvalue weighted by atomic mass is 10.1. The van der Waals surface area contributed by atoms with Crippen LogP contribution < -0.4 is 5.32 Å². The first-order valence-corrected chi connectivity index (χ1v) is 9.47. The minimum Gasteiger partial charge on any atom is -0.478 e. The number of benzene rings is 1. The molecule has 0 saturated heterocycles. The van der Waals surface area contributed by atoms with Crippen LogP contribution in [0.3, 0.4) is 0 Å². The van der Waals surface area contributed by atoms with Crippen molar-refractivity contribution in [1.82, 2.24) is 0 Å². The van der Waals surface area contributed by atoms with Gasteiger partial charge in [-0.3, -0.25) is 0 Å². The lowest BCUT2D eigenvalue weighted by Crippen LogP contribution is -2.16. The van der Waals surface area contributed by atoms with Crippen molar-refractivity contribution in [2.24, 2.45) is 0 Å². The van der Waals surface area contributed by atoms with Crippen LogP contribution in [0.5, 0.6) is 0 Å². The molecule has 21 heavy (non-hydrogen) atoms. The van der Waals surface area contributed by atoms with Gasteiger partial charge in [0.15, 0.2) is 0 Å². The zero-order chi connectivity index (χ0) is 16.2. The van der Waals surface area contributed by atoms with Crippen LogP contribution in [0.1, 0.15) is 46.9 Å². The summed E-state index contributed by atoms with van der Waals surface area (Å²) in [6, 6.07) is 0. The molecule has 0 bridgehead atoms. The van der Waals surface area contributed by atoms with Gasteiger partial charge in [0.05, 0.1) is 24.0 Å². The Morgan fingerprint density at radius 1 is 0.952 bits per heavy atom. The highest BCUT2D eigenvalue weighted by atomic mass is 127. The predicted molar refractivity (Wildman–Crippen MR) is 107 cm³/mol. The second kappa shape index (κ2) is 8.70. The summed E-state index contributed by atoms with van der Waals surface area (Å²) in [6.07, 6.45) is 3.12. The second-order valence-corrected chi connectivity index (χ2v) is 7.55. The molecule has 0 amide bonds. The summed E-state index contributed by atoms with van der Waals surface area (Å²) in [6.45, 7) is 2.79. The third-order valence-electron chi connectivity index (χ3n) is 2.83. The molecule has 3 N–H and O–H groups in total. The Labute approximate surface area is 163 Å². The number of carboxylic acid groups (broad SMARTS) is 2. The quantitative estimate of drug-likeness (QED) is 0.306. The lowest BCUT2D eigenvalue weighted by molar-refractivity contribution is 0.0694. The van der Waals surface area contributed by atoms with E-state index >= 15 is 0 Å². The average molecular weight is 629 g/mol. The number of aromatic carboxylic acids is 2. The first kappa shape index (κ1) is 19.2. The molecule has 1 aromatic rings. The standard InChI is InChI=1S/C13H14I3NO4/c1-2-3-4-5-17-11-9(15)6(12(18)19)8(14)7(10(11)16)13(20)21/h17H,2-5H2,1H3,(H,18,19)(H,20,21). The number of hydrogen-bond acceptors (Lipinski definition) is 3. The SMILES string of the molecule is CCCCCNc1c(I)c(C(=O)O)c(I)c(C(=O)O)c1I. The summed E-state index contributed by atoms with van der Waals surface area (Å²) in [5.41, 5.74) is 0.696. The van der Waals surface area contributed by atoms with E-state index in [2.05, 4.69) is 12.2 Å². The minimum absolute atomic E-state index is 0.0482. The highest BCUT2D eigenvalue weighted by Crippen LogP contribution is 2.35. The van der Waals surface area contributed by atoms with Crippen LogP contribution in [-0.2, 0) is 0 Å². The van der Waals surface area contributed by atoms with Gasteiger partial charge in [-0.25, -0.2) is 9.59 Å².